The molecule has 1 saturated heterocycles. The van der Waals surface area contributed by atoms with Crippen molar-refractivity contribution in [2.45, 2.75) is 24.8 Å². The number of fused-ring (bicyclic) bond motifs is 1. The molecule has 1 fully saturated rings. The van der Waals surface area contributed by atoms with Crippen molar-refractivity contribution in [3.63, 3.8) is 0 Å². The molecule has 2 aromatic carbocycles. The minimum atomic E-state index is -0.619. The summed E-state index contributed by atoms with van der Waals surface area (Å²) in [5.41, 5.74) is 2.45. The molecule has 0 bridgehead atoms. The van der Waals surface area contributed by atoms with Gasteiger partial charge in [0.05, 0.1) is 11.8 Å². The molecule has 0 unspecified atom stereocenters. The molecule has 0 N–H and O–H groups in total. The van der Waals surface area contributed by atoms with Gasteiger partial charge in [-0.2, -0.15) is 0 Å². The summed E-state index contributed by atoms with van der Waals surface area (Å²) in [6.45, 7) is 1.28. The number of ether oxygens (including phenoxy) is 2. The Labute approximate surface area is 178 Å². The van der Waals surface area contributed by atoms with Crippen molar-refractivity contribution in [3.8, 4) is 0 Å². The van der Waals surface area contributed by atoms with Crippen LogP contribution < -0.4 is 0 Å². The smallest absolute Gasteiger partial charge is 0.356 e. The molecule has 0 aliphatic carbocycles. The molecule has 1 amide bonds. The molecule has 0 radical (unpaired) electrons. The van der Waals surface area contributed by atoms with E-state index >= 15 is 0 Å². The average Bonchev–Trinajstić information content (AvgIpc) is 2.76. The Balaban J connectivity index is 1.67. The fourth-order valence-electron chi connectivity index (χ4n) is 3.51. The standard InChI is InChI=1S/C23H21NO5S/c1-15(25)28-13-18-14-30-20-12-19(26)24(20)21(18)23(27)29-22(16-8-4-2-5-9-16)17-10-6-3-7-11-17/h2-11,20,22H,12-14H2,1H3/t20-/m1/s1. The van der Waals surface area contributed by atoms with Gasteiger partial charge in [0.25, 0.3) is 0 Å². The zero-order valence-corrected chi connectivity index (χ0v) is 17.3. The van der Waals surface area contributed by atoms with Crippen molar-refractivity contribution in [2.24, 2.45) is 0 Å². The summed E-state index contributed by atoms with van der Waals surface area (Å²) in [6.07, 6.45) is -0.227. The molecule has 154 valence electrons. The molecule has 2 aromatic rings. The van der Waals surface area contributed by atoms with Gasteiger partial charge >= 0.3 is 11.9 Å². The van der Waals surface area contributed by atoms with E-state index in [1.807, 2.05) is 60.7 Å². The van der Waals surface area contributed by atoms with Crippen LogP contribution in [0.3, 0.4) is 0 Å². The number of thioether (sulfide) groups is 1. The lowest BCUT2D eigenvalue weighted by atomic mass is 10.0. The van der Waals surface area contributed by atoms with E-state index in [1.165, 1.54) is 11.8 Å². The third-order valence-corrected chi connectivity index (χ3v) is 6.28. The number of hydrogen-bond acceptors (Lipinski definition) is 6. The summed E-state index contributed by atoms with van der Waals surface area (Å²) in [6, 6.07) is 18.9. The number of carbonyl (C=O) groups excluding carboxylic acids is 3. The first kappa shape index (κ1) is 20.2. The monoisotopic (exact) mass is 423 g/mol. The number of amides is 1. The lowest BCUT2D eigenvalue weighted by molar-refractivity contribution is -0.152. The van der Waals surface area contributed by atoms with Crippen LogP contribution in [0.1, 0.15) is 30.6 Å². The molecule has 0 saturated carbocycles. The van der Waals surface area contributed by atoms with Crippen LogP contribution in [0, 0.1) is 0 Å². The largest absolute Gasteiger partial charge is 0.461 e. The van der Waals surface area contributed by atoms with Crippen molar-refractivity contribution >= 4 is 29.6 Å². The number of hydrogen-bond donors (Lipinski definition) is 0. The highest BCUT2D eigenvalue weighted by atomic mass is 32.2. The van der Waals surface area contributed by atoms with Crippen LogP contribution in [0.15, 0.2) is 71.9 Å². The Kier molecular flexibility index (Phi) is 5.90. The minimum absolute atomic E-state index is 0.0371. The van der Waals surface area contributed by atoms with Gasteiger partial charge in [-0.05, 0) is 11.1 Å². The topological polar surface area (TPSA) is 72.9 Å². The molecule has 2 heterocycles. The fraction of sp³-hybridized carbons (Fsp3) is 0.261. The normalized spacial score (nSPS) is 18.0. The zero-order valence-electron chi connectivity index (χ0n) is 16.4. The number of esters is 2. The van der Waals surface area contributed by atoms with E-state index in [-0.39, 0.29) is 23.6 Å². The van der Waals surface area contributed by atoms with Crippen molar-refractivity contribution in [3.05, 3.63) is 83.1 Å². The first-order chi connectivity index (χ1) is 14.5. The number of nitrogens with zero attached hydrogens (tertiary/aromatic N) is 1. The Hall–Kier alpha value is -3.06. The Morgan fingerprint density at radius 1 is 1.07 bits per heavy atom. The van der Waals surface area contributed by atoms with Crippen molar-refractivity contribution in [1.82, 2.24) is 4.90 Å². The summed E-state index contributed by atoms with van der Waals surface area (Å²) < 4.78 is 11.1. The summed E-state index contributed by atoms with van der Waals surface area (Å²) in [4.78, 5) is 38.3. The van der Waals surface area contributed by atoms with Crippen LogP contribution in [0.25, 0.3) is 0 Å². The molecular formula is C23H21NO5S. The van der Waals surface area contributed by atoms with Crippen molar-refractivity contribution in [1.29, 1.82) is 0 Å². The lowest BCUT2D eigenvalue weighted by Crippen LogP contribution is -2.54. The Bertz CT molecular complexity index is 950. The van der Waals surface area contributed by atoms with Crippen molar-refractivity contribution < 1.29 is 23.9 Å². The quantitative estimate of drug-likeness (QED) is 0.524. The maximum absolute atomic E-state index is 13.3. The van der Waals surface area contributed by atoms with Gasteiger partial charge in [-0.25, -0.2) is 4.79 Å². The SMILES string of the molecule is CC(=O)OCC1=C(C(=O)OC(c2ccccc2)c2ccccc2)N2C(=O)C[C@H]2SC1. The van der Waals surface area contributed by atoms with Crippen LogP contribution in [-0.2, 0) is 23.9 Å². The summed E-state index contributed by atoms with van der Waals surface area (Å²) in [5.74, 6) is -0.652. The van der Waals surface area contributed by atoms with Crippen LogP contribution in [0.4, 0.5) is 0 Å². The van der Waals surface area contributed by atoms with E-state index in [0.717, 1.165) is 11.1 Å². The van der Waals surface area contributed by atoms with Crippen LogP contribution in [-0.4, -0.2) is 40.5 Å². The van der Waals surface area contributed by atoms with Gasteiger partial charge in [-0.15, -0.1) is 11.8 Å². The van der Waals surface area contributed by atoms with Crippen LogP contribution >= 0.6 is 11.8 Å². The first-order valence-corrected chi connectivity index (χ1v) is 10.7. The molecule has 2 aliphatic heterocycles. The highest BCUT2D eigenvalue weighted by Crippen LogP contribution is 2.41. The second-order valence-electron chi connectivity index (χ2n) is 7.07. The molecule has 0 spiro atoms. The van der Waals surface area contributed by atoms with Gasteiger partial charge in [0.15, 0.2) is 6.10 Å². The lowest BCUT2D eigenvalue weighted by Gasteiger charge is -2.44. The number of carbonyl (C=O) groups is 3. The first-order valence-electron chi connectivity index (χ1n) is 9.64. The molecule has 30 heavy (non-hydrogen) atoms. The minimum Gasteiger partial charge on any atom is -0.461 e. The van der Waals surface area contributed by atoms with E-state index < -0.39 is 18.0 Å². The van der Waals surface area contributed by atoms with Gasteiger partial charge in [0.2, 0.25) is 5.91 Å². The van der Waals surface area contributed by atoms with E-state index in [9.17, 15) is 14.4 Å². The van der Waals surface area contributed by atoms with Crippen LogP contribution in [0.2, 0.25) is 0 Å². The maximum atomic E-state index is 13.3. The fourth-order valence-corrected chi connectivity index (χ4v) is 4.76. The average molecular weight is 423 g/mol. The van der Waals surface area contributed by atoms with E-state index in [1.54, 1.807) is 11.8 Å². The summed E-state index contributed by atoms with van der Waals surface area (Å²) in [5, 5.41) is -0.0759. The summed E-state index contributed by atoms with van der Waals surface area (Å²) >= 11 is 1.56. The second kappa shape index (κ2) is 8.75. The molecule has 1 atom stereocenters. The Morgan fingerprint density at radius 3 is 2.20 bits per heavy atom. The highest BCUT2D eigenvalue weighted by molar-refractivity contribution is 8.00. The third-order valence-electron chi connectivity index (χ3n) is 5.00. The van der Waals surface area contributed by atoms with Gasteiger partial charge in [-0.1, -0.05) is 60.7 Å². The molecule has 7 heteroatoms. The second-order valence-corrected chi connectivity index (χ2v) is 8.24. The predicted octanol–water partition coefficient (Wildman–Crippen LogP) is 3.44. The highest BCUT2D eigenvalue weighted by Gasteiger charge is 2.46. The molecular weight excluding hydrogens is 402 g/mol. The predicted molar refractivity (Wildman–Crippen MR) is 112 cm³/mol. The number of β-lactam (4-membered cyclic amide) rings is 1. The van der Waals surface area contributed by atoms with E-state index in [0.29, 0.717) is 17.7 Å². The summed E-state index contributed by atoms with van der Waals surface area (Å²) in [7, 11) is 0. The Morgan fingerprint density at radius 2 is 1.67 bits per heavy atom. The number of rotatable bonds is 6. The third kappa shape index (κ3) is 4.11. The molecule has 2 aliphatic rings. The van der Waals surface area contributed by atoms with Gasteiger partial charge in [0.1, 0.15) is 12.3 Å². The van der Waals surface area contributed by atoms with Crippen LogP contribution in [0.5, 0.6) is 0 Å². The number of benzene rings is 2. The molecule has 0 aromatic heterocycles. The van der Waals surface area contributed by atoms with Gasteiger partial charge in [0, 0.05) is 18.2 Å². The van der Waals surface area contributed by atoms with E-state index in [4.69, 9.17) is 9.47 Å². The van der Waals surface area contributed by atoms with Gasteiger partial charge in [-0.3, -0.25) is 14.5 Å². The molecule has 4 rings (SSSR count). The maximum Gasteiger partial charge on any atom is 0.356 e. The van der Waals surface area contributed by atoms with E-state index in [2.05, 4.69) is 0 Å². The van der Waals surface area contributed by atoms with Crippen molar-refractivity contribution in [2.75, 3.05) is 12.4 Å². The molecule has 6 nitrogen and oxygen atoms in total. The zero-order chi connectivity index (χ0) is 21.1. The van der Waals surface area contributed by atoms with Gasteiger partial charge < -0.3 is 9.47 Å².